The number of hydrogen-bond acceptors (Lipinski definition) is 11. The SMILES string of the molecule is CC[C@H](C)[C@H](NC(=O)[C@H](CCCN=C(N)N)NC(=O)[C@H](CC(=O)O)NC(=O)[C@@H](NC(=O)[C@H](CCCN=C(N)N)NC(=O)Cc1ccc(Nc2ccccc2C(=O)CBr)cc1)[C@@H](C)CC)C(N)=O. The van der Waals surface area contributed by atoms with Crippen LogP contribution in [0.5, 0.6) is 0 Å². The number of guanidine groups is 2. The van der Waals surface area contributed by atoms with Gasteiger partial charge < -0.3 is 65.7 Å². The van der Waals surface area contributed by atoms with E-state index in [1.54, 1.807) is 76.2 Å². The average Bonchev–Trinajstić information content (AvgIpc) is 3.28. The van der Waals surface area contributed by atoms with Crippen LogP contribution in [0.3, 0.4) is 0 Å². The number of carboxylic acids is 1. The average molecular weight is 1000 g/mol. The highest BCUT2D eigenvalue weighted by Gasteiger charge is 2.35. The number of primary amides is 1. The molecule has 0 aliphatic carbocycles. The van der Waals surface area contributed by atoms with Crippen LogP contribution >= 0.6 is 15.9 Å². The molecule has 0 heterocycles. The van der Waals surface area contributed by atoms with Gasteiger partial charge in [-0.25, -0.2) is 0 Å². The van der Waals surface area contributed by atoms with E-state index in [2.05, 4.69) is 57.8 Å². The number of aliphatic carboxylic acids is 1. The number of nitrogens with zero attached hydrogens (tertiary/aromatic N) is 2. The zero-order chi connectivity index (χ0) is 50.2. The van der Waals surface area contributed by atoms with Gasteiger partial charge in [0.15, 0.2) is 17.7 Å². The molecule has 0 aliphatic rings. The summed E-state index contributed by atoms with van der Waals surface area (Å²) in [4.78, 5) is 113. The van der Waals surface area contributed by atoms with Gasteiger partial charge in [0.1, 0.15) is 30.2 Å². The first-order valence-corrected chi connectivity index (χ1v) is 23.0. The van der Waals surface area contributed by atoms with Crippen molar-refractivity contribution in [2.24, 2.45) is 50.5 Å². The number of alkyl halides is 1. The molecule has 2 aromatic carbocycles. The molecule has 6 amide bonds. The molecule has 368 valence electrons. The van der Waals surface area contributed by atoms with E-state index in [1.807, 2.05) is 0 Å². The van der Waals surface area contributed by atoms with Crippen molar-refractivity contribution < 1.29 is 43.5 Å². The minimum atomic E-state index is -1.74. The Morgan fingerprint density at radius 1 is 0.642 bits per heavy atom. The number of ketones is 1. The van der Waals surface area contributed by atoms with Crippen molar-refractivity contribution in [3.63, 3.8) is 0 Å². The first-order valence-electron chi connectivity index (χ1n) is 21.9. The minimum Gasteiger partial charge on any atom is -0.481 e. The molecule has 0 radical (unpaired) electrons. The minimum absolute atomic E-state index is 0.0446. The Balaban J connectivity index is 2.33. The number of amides is 6. The van der Waals surface area contributed by atoms with E-state index in [1.165, 1.54) is 0 Å². The number of carbonyl (C=O) groups excluding carboxylic acids is 7. The number of carboxylic acid groups (broad SMARTS) is 1. The fourth-order valence-corrected chi connectivity index (χ4v) is 6.90. The van der Waals surface area contributed by atoms with Crippen molar-refractivity contribution in [2.75, 3.05) is 23.7 Å². The Kier molecular flexibility index (Phi) is 24.4. The second-order valence-corrected chi connectivity index (χ2v) is 16.5. The first kappa shape index (κ1) is 56.3. The van der Waals surface area contributed by atoms with Crippen molar-refractivity contribution in [1.82, 2.24) is 26.6 Å². The number of nitrogens with two attached hydrogens (primary N) is 5. The van der Waals surface area contributed by atoms with Crippen LogP contribution in [0.2, 0.25) is 0 Å². The number of aliphatic imine (C=N–C) groups is 2. The Hall–Kier alpha value is -6.78. The van der Waals surface area contributed by atoms with E-state index in [0.29, 0.717) is 35.3 Å². The van der Waals surface area contributed by atoms with Crippen molar-refractivity contribution >= 4 is 86.4 Å². The fraction of sp³-hybridized carbons (Fsp3) is 0.500. The molecule has 0 aliphatic heterocycles. The molecule has 0 saturated heterocycles. The smallest absolute Gasteiger partial charge is 0.305 e. The van der Waals surface area contributed by atoms with E-state index in [9.17, 15) is 43.5 Å². The molecule has 0 unspecified atom stereocenters. The Morgan fingerprint density at radius 3 is 1.64 bits per heavy atom. The second-order valence-electron chi connectivity index (χ2n) is 16.0. The molecule has 0 fully saturated rings. The van der Waals surface area contributed by atoms with Crippen LogP contribution in [0.15, 0.2) is 58.5 Å². The molecule has 2 aromatic rings. The number of rotatable bonds is 30. The summed E-state index contributed by atoms with van der Waals surface area (Å²) in [5, 5.41) is 26.0. The van der Waals surface area contributed by atoms with Gasteiger partial charge in [0.25, 0.3) is 0 Å². The number of anilines is 2. The number of carbonyl (C=O) groups is 8. The molecular weight excluding hydrogens is 934 g/mol. The van der Waals surface area contributed by atoms with Gasteiger partial charge in [-0.2, -0.15) is 0 Å². The second kappa shape index (κ2) is 29.0. The maximum atomic E-state index is 14.0. The van der Waals surface area contributed by atoms with Crippen molar-refractivity contribution in [1.29, 1.82) is 0 Å². The van der Waals surface area contributed by atoms with E-state index < -0.39 is 84.0 Å². The quantitative estimate of drug-likeness (QED) is 0.0163. The van der Waals surface area contributed by atoms with Gasteiger partial charge in [-0.1, -0.05) is 80.7 Å². The topological polar surface area (TPSA) is 384 Å². The molecule has 17 N–H and O–H groups in total. The van der Waals surface area contributed by atoms with Gasteiger partial charge in [0, 0.05) is 30.0 Å². The summed E-state index contributed by atoms with van der Waals surface area (Å²) in [6.07, 6.45) is 0.174. The lowest BCUT2D eigenvalue weighted by atomic mass is 9.96. The molecule has 2 rings (SSSR count). The van der Waals surface area contributed by atoms with Crippen LogP contribution in [-0.2, 0) is 40.0 Å². The highest BCUT2D eigenvalue weighted by Crippen LogP contribution is 2.23. The van der Waals surface area contributed by atoms with Crippen LogP contribution in [-0.4, -0.2) is 113 Å². The fourth-order valence-electron chi connectivity index (χ4n) is 6.60. The Bertz CT molecular complexity index is 2080. The van der Waals surface area contributed by atoms with Gasteiger partial charge in [0.2, 0.25) is 35.4 Å². The molecule has 0 aromatic heterocycles. The number of nitrogens with one attached hydrogen (secondary N) is 6. The number of Topliss-reactive ketones (excluding diaryl/α,β-unsaturated/α-hetero) is 1. The van der Waals surface area contributed by atoms with Gasteiger partial charge in [0.05, 0.1) is 18.2 Å². The summed E-state index contributed by atoms with van der Waals surface area (Å²) in [5.41, 5.74) is 29.7. The van der Waals surface area contributed by atoms with Gasteiger partial charge >= 0.3 is 5.97 Å². The third kappa shape index (κ3) is 20.1. The molecule has 7 atom stereocenters. The molecular formula is C44H66BrN13O9. The lowest BCUT2D eigenvalue weighted by molar-refractivity contribution is -0.141. The summed E-state index contributed by atoms with van der Waals surface area (Å²) in [6, 6.07) is 7.23. The predicted molar refractivity (Wildman–Crippen MR) is 258 cm³/mol. The predicted octanol–water partition coefficient (Wildman–Crippen LogP) is 0.134. The summed E-state index contributed by atoms with van der Waals surface area (Å²) in [5.74, 6) is -7.73. The largest absolute Gasteiger partial charge is 0.481 e. The first-order chi connectivity index (χ1) is 31.7. The lowest BCUT2D eigenvalue weighted by Gasteiger charge is -2.29. The van der Waals surface area contributed by atoms with Crippen LogP contribution in [0, 0.1) is 11.8 Å². The van der Waals surface area contributed by atoms with E-state index in [0.717, 1.165) is 0 Å². The van der Waals surface area contributed by atoms with Gasteiger partial charge in [-0.05, 0) is 67.3 Å². The zero-order valence-electron chi connectivity index (χ0n) is 38.3. The van der Waals surface area contributed by atoms with Gasteiger partial charge in [-0.15, -0.1) is 0 Å². The summed E-state index contributed by atoms with van der Waals surface area (Å²) in [7, 11) is 0. The number of halogens is 1. The van der Waals surface area contributed by atoms with E-state index in [4.69, 9.17) is 28.7 Å². The van der Waals surface area contributed by atoms with Crippen LogP contribution in [0.1, 0.15) is 88.6 Å². The zero-order valence-corrected chi connectivity index (χ0v) is 39.9. The molecule has 23 heteroatoms. The van der Waals surface area contributed by atoms with Crippen LogP contribution < -0.4 is 60.6 Å². The summed E-state index contributed by atoms with van der Waals surface area (Å²) >= 11 is 3.20. The van der Waals surface area contributed by atoms with Crippen molar-refractivity contribution in [2.45, 2.75) is 109 Å². The third-order valence-corrected chi connectivity index (χ3v) is 11.3. The maximum absolute atomic E-state index is 14.0. The number of benzene rings is 2. The van der Waals surface area contributed by atoms with E-state index >= 15 is 0 Å². The molecule has 22 nitrogen and oxygen atoms in total. The Morgan fingerprint density at radius 2 is 1.13 bits per heavy atom. The van der Waals surface area contributed by atoms with Crippen LogP contribution in [0.4, 0.5) is 11.4 Å². The molecule has 0 bridgehead atoms. The number of hydrogen-bond donors (Lipinski definition) is 12. The highest BCUT2D eigenvalue weighted by molar-refractivity contribution is 9.09. The maximum Gasteiger partial charge on any atom is 0.305 e. The van der Waals surface area contributed by atoms with E-state index in [-0.39, 0.29) is 74.1 Å². The van der Waals surface area contributed by atoms with Gasteiger partial charge in [-0.3, -0.25) is 48.3 Å². The Labute approximate surface area is 398 Å². The van der Waals surface area contributed by atoms with Crippen molar-refractivity contribution in [3.05, 3.63) is 59.7 Å². The van der Waals surface area contributed by atoms with Crippen LogP contribution in [0.25, 0.3) is 0 Å². The van der Waals surface area contributed by atoms with Crippen molar-refractivity contribution in [3.8, 4) is 0 Å². The lowest BCUT2D eigenvalue weighted by Crippen LogP contribution is -2.60. The highest BCUT2D eigenvalue weighted by atomic mass is 79.9. The number of para-hydroxylation sites is 1. The summed E-state index contributed by atoms with van der Waals surface area (Å²) < 4.78 is 0. The standard InChI is InChI=1S/C44H66BrN13O9/c1-5-24(3)36(38(46)63)57-40(65)31(14-10-20-52-44(49)50)55-41(66)32(22-35(61)62)56-42(67)37(25(4)6-2)58-39(64)30(13-9-19-51-43(47)48)54-34(60)21-26-15-17-27(18-16-26)53-29-12-8-7-11-28(29)33(59)23-45/h7-8,11-12,15-18,24-25,30-32,36-37,53H,5-6,9-10,13-14,19-23H2,1-4H3,(H2,46,63)(H,54,60)(H,55,66)(H,56,67)(H,57,65)(H,58,64)(H,61,62)(H4,47,48,51)(H4,49,50,52)/t24-,25-,30-,31-,32-,36-,37-/m0/s1. The molecule has 0 saturated carbocycles. The normalized spacial score (nSPS) is 13.9. The third-order valence-electron chi connectivity index (χ3n) is 10.7. The summed E-state index contributed by atoms with van der Waals surface area (Å²) in [6.45, 7) is 7.09. The molecule has 67 heavy (non-hydrogen) atoms. The molecule has 0 spiro atoms. The monoisotopic (exact) mass is 999 g/mol.